The highest BCUT2D eigenvalue weighted by Gasteiger charge is 1.99. The molecule has 0 aliphatic rings. The number of benzene rings is 1. The number of nitrogens with zero attached hydrogens (tertiary/aromatic N) is 1. The predicted molar refractivity (Wildman–Crippen MR) is 52.1 cm³/mol. The lowest BCUT2D eigenvalue weighted by molar-refractivity contribution is -0.136. The average Bonchev–Trinajstić information content (AvgIpc) is 2.26. The van der Waals surface area contributed by atoms with Gasteiger partial charge in [-0.3, -0.25) is 0 Å². The number of nitrogens with two attached hydrogens (primary N) is 1. The number of carbonyl (C=O) groups is 1. The Morgan fingerprint density at radius 1 is 1.43 bits per heavy atom. The van der Waals surface area contributed by atoms with Gasteiger partial charge in [-0.05, 0) is 0 Å². The Morgan fingerprint density at radius 3 is 2.64 bits per heavy atom. The average molecular weight is 188 g/mol. The van der Waals surface area contributed by atoms with Crippen LogP contribution in [0.3, 0.4) is 0 Å². The Kier molecular flexibility index (Phi) is 3.27. The van der Waals surface area contributed by atoms with Gasteiger partial charge in [0, 0.05) is 11.5 Å². The summed E-state index contributed by atoms with van der Waals surface area (Å²) < 4.78 is 0. The van der Waals surface area contributed by atoms with Crippen molar-refractivity contribution in [1.29, 1.82) is 0 Å². The maximum absolute atomic E-state index is 10.5. The molecule has 0 radical (unpaired) electrons. The first kappa shape index (κ1) is 9.81. The first-order valence-electron chi connectivity index (χ1n) is 3.80. The third-order valence-electron chi connectivity index (χ3n) is 1.41. The summed E-state index contributed by atoms with van der Waals surface area (Å²) in [6.45, 7) is 0. The van der Waals surface area contributed by atoms with Gasteiger partial charge in [-0.15, -0.1) is 6.42 Å². The molecular weight excluding hydrogens is 180 g/mol. The van der Waals surface area contributed by atoms with Crippen LogP contribution in [0, 0.1) is 12.3 Å². The number of hydrogen-bond acceptors (Lipinski definition) is 3. The molecule has 4 heteroatoms. The van der Waals surface area contributed by atoms with Crippen LogP contribution in [0.2, 0.25) is 0 Å². The van der Waals surface area contributed by atoms with Gasteiger partial charge in [0.15, 0.2) is 5.84 Å². The Hall–Kier alpha value is -2.28. The first-order valence-corrected chi connectivity index (χ1v) is 3.80. The zero-order valence-corrected chi connectivity index (χ0v) is 7.31. The number of amidine groups is 1. The topological polar surface area (TPSA) is 64.7 Å². The van der Waals surface area contributed by atoms with Crippen LogP contribution in [0.4, 0.5) is 0 Å². The maximum atomic E-state index is 10.5. The summed E-state index contributed by atoms with van der Waals surface area (Å²) >= 11 is 0. The first-order chi connectivity index (χ1) is 6.74. The number of carbonyl (C=O) groups excluding carboxylic acids is 1. The van der Waals surface area contributed by atoms with Gasteiger partial charge in [-0.1, -0.05) is 35.5 Å². The van der Waals surface area contributed by atoms with E-state index in [1.165, 1.54) is 0 Å². The molecule has 0 unspecified atom stereocenters. The van der Waals surface area contributed by atoms with Crippen molar-refractivity contribution in [3.63, 3.8) is 0 Å². The van der Waals surface area contributed by atoms with Crippen LogP contribution < -0.4 is 5.73 Å². The van der Waals surface area contributed by atoms with E-state index >= 15 is 0 Å². The molecule has 1 rings (SSSR count). The lowest BCUT2D eigenvalue weighted by atomic mass is 10.2. The van der Waals surface area contributed by atoms with Gasteiger partial charge < -0.3 is 10.6 Å². The second-order valence-electron chi connectivity index (χ2n) is 2.37. The van der Waals surface area contributed by atoms with E-state index in [1.807, 2.05) is 6.07 Å². The van der Waals surface area contributed by atoms with Crippen LogP contribution in [0.5, 0.6) is 0 Å². The van der Waals surface area contributed by atoms with E-state index in [1.54, 1.807) is 30.2 Å². The molecule has 0 aliphatic heterocycles. The molecule has 14 heavy (non-hydrogen) atoms. The second kappa shape index (κ2) is 4.67. The summed E-state index contributed by atoms with van der Waals surface area (Å²) in [5, 5.41) is 3.37. The fraction of sp³-hybridized carbons (Fsp3) is 0. The van der Waals surface area contributed by atoms with E-state index in [-0.39, 0.29) is 5.84 Å². The van der Waals surface area contributed by atoms with Crippen molar-refractivity contribution in [2.45, 2.75) is 0 Å². The molecule has 0 aliphatic carbocycles. The van der Waals surface area contributed by atoms with Gasteiger partial charge in [0.2, 0.25) is 0 Å². The largest absolute Gasteiger partial charge is 0.410 e. The third-order valence-corrected chi connectivity index (χ3v) is 1.41. The summed E-state index contributed by atoms with van der Waals surface area (Å²) in [7, 11) is 0. The molecular formula is C10H8N2O2. The van der Waals surface area contributed by atoms with Crippen LogP contribution in [0.25, 0.3) is 0 Å². The van der Waals surface area contributed by atoms with Crippen LogP contribution in [0.15, 0.2) is 35.5 Å². The minimum atomic E-state index is -0.871. The van der Waals surface area contributed by atoms with E-state index in [0.29, 0.717) is 5.56 Å². The molecule has 2 N–H and O–H groups in total. The van der Waals surface area contributed by atoms with Crippen molar-refractivity contribution in [3.05, 3.63) is 35.9 Å². The molecule has 1 aromatic carbocycles. The standard InChI is InChI=1S/C10H8N2O2/c1-2-9(13)14-12-10(11)8-6-4-3-5-7-8/h1,3-7H,(H2,11,12). The number of terminal acetylenes is 1. The van der Waals surface area contributed by atoms with Crippen LogP contribution >= 0.6 is 0 Å². The van der Waals surface area contributed by atoms with Crippen molar-refractivity contribution < 1.29 is 9.63 Å². The molecule has 70 valence electrons. The molecule has 0 atom stereocenters. The van der Waals surface area contributed by atoms with E-state index in [2.05, 4.69) is 9.99 Å². The molecule has 0 saturated heterocycles. The Labute approximate surface area is 81.4 Å². The molecule has 0 spiro atoms. The number of oxime groups is 1. The van der Waals surface area contributed by atoms with Gasteiger partial charge in [0.05, 0.1) is 0 Å². The second-order valence-corrected chi connectivity index (χ2v) is 2.37. The molecule has 0 fully saturated rings. The third kappa shape index (κ3) is 2.64. The SMILES string of the molecule is C#CC(=O)O/N=C(\N)c1ccccc1. The van der Waals surface area contributed by atoms with Crippen molar-refractivity contribution in [3.8, 4) is 12.3 Å². The quantitative estimate of drug-likeness (QED) is 0.241. The Balaban J connectivity index is 2.72. The Morgan fingerprint density at radius 2 is 2.07 bits per heavy atom. The predicted octanol–water partition coefficient (Wildman–Crippen LogP) is 0.483. The fourth-order valence-corrected chi connectivity index (χ4v) is 0.779. The Bertz CT molecular complexity index is 390. The maximum Gasteiger partial charge on any atom is 0.410 e. The van der Waals surface area contributed by atoms with E-state index in [0.717, 1.165) is 0 Å². The number of rotatable bonds is 2. The molecule has 0 bridgehead atoms. The smallest absolute Gasteiger partial charge is 0.380 e. The summed E-state index contributed by atoms with van der Waals surface area (Å²) in [4.78, 5) is 14.8. The van der Waals surface area contributed by atoms with Gasteiger partial charge in [0.1, 0.15) is 0 Å². The summed E-state index contributed by atoms with van der Waals surface area (Å²) in [6, 6.07) is 8.90. The normalized spacial score (nSPS) is 10.4. The summed E-state index contributed by atoms with van der Waals surface area (Å²) in [5.41, 5.74) is 6.17. The van der Waals surface area contributed by atoms with E-state index in [9.17, 15) is 4.79 Å². The minimum Gasteiger partial charge on any atom is -0.380 e. The molecule has 0 heterocycles. The number of hydrogen-bond donors (Lipinski definition) is 1. The van der Waals surface area contributed by atoms with E-state index in [4.69, 9.17) is 12.2 Å². The van der Waals surface area contributed by atoms with Crippen molar-refractivity contribution in [1.82, 2.24) is 0 Å². The fourth-order valence-electron chi connectivity index (χ4n) is 0.779. The van der Waals surface area contributed by atoms with Gasteiger partial charge in [0.25, 0.3) is 0 Å². The highest BCUT2D eigenvalue weighted by atomic mass is 16.7. The van der Waals surface area contributed by atoms with Crippen molar-refractivity contribution in [2.24, 2.45) is 10.9 Å². The van der Waals surface area contributed by atoms with Crippen molar-refractivity contribution >= 4 is 11.8 Å². The molecule has 0 amide bonds. The summed E-state index contributed by atoms with van der Waals surface area (Å²) in [5.74, 6) is 0.982. The molecule has 0 saturated carbocycles. The van der Waals surface area contributed by atoms with Crippen molar-refractivity contribution in [2.75, 3.05) is 0 Å². The van der Waals surface area contributed by atoms with E-state index < -0.39 is 5.97 Å². The lowest BCUT2D eigenvalue weighted by Gasteiger charge is -1.97. The summed E-state index contributed by atoms with van der Waals surface area (Å²) in [6.07, 6.45) is 4.76. The monoisotopic (exact) mass is 188 g/mol. The zero-order valence-electron chi connectivity index (χ0n) is 7.31. The van der Waals surface area contributed by atoms with Gasteiger partial charge in [-0.25, -0.2) is 4.79 Å². The van der Waals surface area contributed by atoms with Crippen LogP contribution in [-0.2, 0) is 9.63 Å². The molecule has 0 aromatic heterocycles. The molecule has 4 nitrogen and oxygen atoms in total. The molecule has 1 aromatic rings. The lowest BCUT2D eigenvalue weighted by Crippen LogP contribution is -2.14. The van der Waals surface area contributed by atoms with Crippen LogP contribution in [0.1, 0.15) is 5.56 Å². The van der Waals surface area contributed by atoms with Crippen LogP contribution in [-0.4, -0.2) is 11.8 Å². The highest BCUT2D eigenvalue weighted by Crippen LogP contribution is 1.97. The zero-order chi connectivity index (χ0) is 10.4. The van der Waals surface area contributed by atoms with Gasteiger partial charge in [-0.2, -0.15) is 0 Å². The van der Waals surface area contributed by atoms with Gasteiger partial charge >= 0.3 is 5.97 Å². The highest BCUT2D eigenvalue weighted by molar-refractivity contribution is 5.97. The minimum absolute atomic E-state index is 0.106.